The largest absolute Gasteiger partial charge is 0.368 e. The lowest BCUT2D eigenvalue weighted by atomic mass is 10.2. The van der Waals surface area contributed by atoms with Crippen molar-refractivity contribution < 1.29 is 17.2 Å². The van der Waals surface area contributed by atoms with Crippen LogP contribution in [0.2, 0.25) is 0 Å². The molecule has 0 fully saturated rings. The molecule has 114 valence electrons. The molecule has 11 heteroatoms. The van der Waals surface area contributed by atoms with Crippen molar-refractivity contribution in [3.05, 3.63) is 29.8 Å². The Kier molecular flexibility index (Phi) is 3.02. The number of hydrogen-bond acceptors (Lipinski definition) is 7. The molecule has 8 nitrogen and oxygen atoms in total. The van der Waals surface area contributed by atoms with Crippen molar-refractivity contribution >= 4 is 21.6 Å². The Morgan fingerprint density at radius 2 is 1.86 bits per heavy atom. The number of benzene rings is 1. The Hall–Kier alpha value is -2.69. The lowest BCUT2D eigenvalue weighted by Crippen LogP contribution is -2.11. The van der Waals surface area contributed by atoms with E-state index in [1.165, 1.54) is 6.07 Å². The molecule has 0 aliphatic heterocycles. The van der Waals surface area contributed by atoms with E-state index >= 15 is 0 Å². The van der Waals surface area contributed by atoms with Gasteiger partial charge in [-0.15, -0.1) is 5.10 Å². The predicted octanol–water partition coefficient (Wildman–Crippen LogP) is 0.450. The van der Waals surface area contributed by atoms with Gasteiger partial charge in [0.05, 0.1) is 0 Å². The van der Waals surface area contributed by atoms with E-state index in [2.05, 4.69) is 20.1 Å². The molecule has 0 aliphatic rings. The molecule has 0 radical (unpaired) electrons. The zero-order valence-electron chi connectivity index (χ0n) is 11.0. The van der Waals surface area contributed by atoms with Crippen molar-refractivity contribution in [1.29, 1.82) is 0 Å². The van der Waals surface area contributed by atoms with Gasteiger partial charge in [-0.1, -0.05) is 0 Å². The zero-order chi connectivity index (χ0) is 16.1. The maximum atomic E-state index is 13.3. The first-order chi connectivity index (χ1) is 10.3. The van der Waals surface area contributed by atoms with E-state index in [9.17, 15) is 17.2 Å². The number of rotatable bonds is 2. The Morgan fingerprint density at radius 1 is 1.14 bits per heavy atom. The maximum absolute atomic E-state index is 13.3. The topological polar surface area (TPSA) is 116 Å². The quantitative estimate of drug-likeness (QED) is 0.726. The van der Waals surface area contributed by atoms with E-state index < -0.39 is 26.6 Å². The lowest BCUT2D eigenvalue weighted by molar-refractivity contribution is 0.509. The van der Waals surface area contributed by atoms with Crippen molar-refractivity contribution in [3.63, 3.8) is 0 Å². The molecule has 2 heterocycles. The Labute approximate surface area is 122 Å². The third-order valence-corrected chi connectivity index (χ3v) is 3.57. The van der Waals surface area contributed by atoms with Crippen molar-refractivity contribution in [3.8, 4) is 11.4 Å². The van der Waals surface area contributed by atoms with E-state index in [4.69, 9.17) is 5.73 Å². The molecule has 0 atom stereocenters. The second kappa shape index (κ2) is 4.66. The SMILES string of the molecule is CS(=O)(=O)c1nc(N)n2nc(-c3ccc(F)c(F)c3)nc2n1. The minimum Gasteiger partial charge on any atom is -0.368 e. The summed E-state index contributed by atoms with van der Waals surface area (Å²) in [5.74, 6) is -2.43. The number of nitrogens with zero attached hydrogens (tertiary/aromatic N) is 5. The van der Waals surface area contributed by atoms with Gasteiger partial charge >= 0.3 is 0 Å². The van der Waals surface area contributed by atoms with Crippen LogP contribution < -0.4 is 5.73 Å². The molecule has 3 aromatic rings. The van der Waals surface area contributed by atoms with Gasteiger partial charge in [0.2, 0.25) is 15.8 Å². The molecule has 0 saturated heterocycles. The van der Waals surface area contributed by atoms with Gasteiger partial charge in [0.15, 0.2) is 17.5 Å². The number of aromatic nitrogens is 5. The van der Waals surface area contributed by atoms with E-state index in [0.717, 1.165) is 22.9 Å². The van der Waals surface area contributed by atoms with Crippen LogP contribution in [0.1, 0.15) is 0 Å². The maximum Gasteiger partial charge on any atom is 0.258 e. The zero-order valence-corrected chi connectivity index (χ0v) is 11.8. The molecule has 0 aliphatic carbocycles. The summed E-state index contributed by atoms with van der Waals surface area (Å²) in [6.07, 6.45) is 0.922. The lowest BCUT2D eigenvalue weighted by Gasteiger charge is -1.99. The van der Waals surface area contributed by atoms with Crippen molar-refractivity contribution in [2.24, 2.45) is 0 Å². The Balaban J connectivity index is 2.21. The van der Waals surface area contributed by atoms with Gasteiger partial charge in [-0.25, -0.2) is 17.2 Å². The van der Waals surface area contributed by atoms with Crippen LogP contribution in [0, 0.1) is 11.6 Å². The highest BCUT2D eigenvalue weighted by Gasteiger charge is 2.18. The second-order valence-corrected chi connectivity index (χ2v) is 6.32. The standard InChI is InChI=1S/C11H8F2N6O2S/c1-22(20,21)11-16-9(14)19-10(17-11)15-8(18-19)5-2-3-6(12)7(13)4-5/h2-4H,1H3,(H2,14,15,16,17,18). The van der Waals surface area contributed by atoms with Crippen LogP contribution in [-0.2, 0) is 9.84 Å². The molecular weight excluding hydrogens is 318 g/mol. The molecule has 22 heavy (non-hydrogen) atoms. The predicted molar refractivity (Wildman–Crippen MR) is 71.5 cm³/mol. The third-order valence-electron chi connectivity index (χ3n) is 2.72. The fraction of sp³-hybridized carbons (Fsp3) is 0.0909. The minimum absolute atomic E-state index is 0.00514. The van der Waals surface area contributed by atoms with E-state index in [-0.39, 0.29) is 23.1 Å². The van der Waals surface area contributed by atoms with Gasteiger partial charge in [0, 0.05) is 11.8 Å². The smallest absolute Gasteiger partial charge is 0.258 e. The number of halogens is 2. The fourth-order valence-corrected chi connectivity index (χ4v) is 2.22. The van der Waals surface area contributed by atoms with Crippen LogP contribution in [0.5, 0.6) is 0 Å². The van der Waals surface area contributed by atoms with Gasteiger partial charge in [-0.3, -0.25) is 0 Å². The Bertz CT molecular complexity index is 1000. The minimum atomic E-state index is -3.68. The van der Waals surface area contributed by atoms with Crippen LogP contribution >= 0.6 is 0 Å². The molecular formula is C11H8F2N6O2S. The number of fused-ring (bicyclic) bond motifs is 1. The summed E-state index contributed by atoms with van der Waals surface area (Å²) in [4.78, 5) is 11.3. The first-order valence-electron chi connectivity index (χ1n) is 5.81. The number of nitrogen functional groups attached to an aromatic ring is 1. The number of nitrogens with two attached hydrogens (primary N) is 1. The molecule has 0 saturated carbocycles. The second-order valence-electron chi connectivity index (χ2n) is 4.41. The van der Waals surface area contributed by atoms with Crippen LogP contribution in [-0.4, -0.2) is 39.2 Å². The van der Waals surface area contributed by atoms with Gasteiger partial charge in [0.25, 0.3) is 10.9 Å². The summed E-state index contributed by atoms with van der Waals surface area (Å²) in [5, 5.41) is 3.45. The number of sulfone groups is 1. The van der Waals surface area contributed by atoms with Crippen molar-refractivity contribution in [2.75, 3.05) is 12.0 Å². The van der Waals surface area contributed by atoms with Crippen molar-refractivity contribution in [2.45, 2.75) is 5.16 Å². The van der Waals surface area contributed by atoms with Gasteiger partial charge in [-0.2, -0.15) is 19.5 Å². The van der Waals surface area contributed by atoms with Crippen LogP contribution in [0.25, 0.3) is 17.2 Å². The van der Waals surface area contributed by atoms with E-state index in [0.29, 0.717) is 0 Å². The average molecular weight is 326 g/mol. The Morgan fingerprint density at radius 3 is 2.50 bits per heavy atom. The normalized spacial score (nSPS) is 12.0. The molecule has 2 aromatic heterocycles. The molecule has 1 aromatic carbocycles. The van der Waals surface area contributed by atoms with Crippen LogP contribution in [0.15, 0.2) is 23.4 Å². The summed E-state index contributed by atoms with van der Waals surface area (Å²) >= 11 is 0. The fourth-order valence-electron chi connectivity index (χ4n) is 1.71. The highest BCUT2D eigenvalue weighted by atomic mass is 32.2. The number of hydrogen-bond donors (Lipinski definition) is 1. The van der Waals surface area contributed by atoms with E-state index in [1.54, 1.807) is 0 Å². The molecule has 0 unspecified atom stereocenters. The van der Waals surface area contributed by atoms with Crippen LogP contribution in [0.4, 0.5) is 14.7 Å². The van der Waals surface area contributed by atoms with Crippen LogP contribution in [0.3, 0.4) is 0 Å². The summed E-state index contributed by atoms with van der Waals surface area (Å²) in [5.41, 5.74) is 5.79. The molecule has 0 bridgehead atoms. The highest BCUT2D eigenvalue weighted by molar-refractivity contribution is 7.90. The molecule has 0 amide bonds. The summed E-state index contributed by atoms with van der Waals surface area (Å²) in [7, 11) is -3.68. The first kappa shape index (κ1) is 14.3. The molecule has 0 spiro atoms. The first-order valence-corrected chi connectivity index (χ1v) is 7.70. The monoisotopic (exact) mass is 326 g/mol. The van der Waals surface area contributed by atoms with E-state index in [1.807, 2.05) is 0 Å². The third kappa shape index (κ3) is 2.35. The van der Waals surface area contributed by atoms with Gasteiger partial charge < -0.3 is 5.73 Å². The molecule has 2 N–H and O–H groups in total. The van der Waals surface area contributed by atoms with Gasteiger partial charge in [-0.05, 0) is 18.2 Å². The summed E-state index contributed by atoms with van der Waals surface area (Å²) < 4.78 is 50.1. The summed E-state index contributed by atoms with van der Waals surface area (Å²) in [6, 6.07) is 3.10. The molecule has 3 rings (SSSR count). The highest BCUT2D eigenvalue weighted by Crippen LogP contribution is 2.19. The average Bonchev–Trinajstić information content (AvgIpc) is 2.85. The van der Waals surface area contributed by atoms with Crippen molar-refractivity contribution in [1.82, 2.24) is 24.6 Å². The number of anilines is 1. The summed E-state index contributed by atoms with van der Waals surface area (Å²) in [6.45, 7) is 0. The van der Waals surface area contributed by atoms with Gasteiger partial charge in [0.1, 0.15) is 0 Å².